The number of amides is 2. The van der Waals surface area contributed by atoms with Crippen molar-refractivity contribution in [1.29, 1.82) is 0 Å². The van der Waals surface area contributed by atoms with Crippen molar-refractivity contribution in [3.63, 3.8) is 0 Å². The first-order chi connectivity index (χ1) is 25.7. The first-order valence-corrected chi connectivity index (χ1v) is 17.9. The van der Waals surface area contributed by atoms with Crippen LogP contribution in [0, 0.1) is 0 Å². The minimum absolute atomic E-state index is 0.0643. The molecular weight excluding hydrogens is 676 g/mol. The molecule has 4 rings (SSSR count). The molecule has 0 aliphatic rings. The van der Waals surface area contributed by atoms with Gasteiger partial charge in [-0.2, -0.15) is 0 Å². The molecule has 0 fully saturated rings. The smallest absolute Gasteiger partial charge is 0.343 e. The van der Waals surface area contributed by atoms with Crippen molar-refractivity contribution in [3.05, 3.63) is 113 Å². The van der Waals surface area contributed by atoms with E-state index >= 15 is 0 Å². The second-order valence-electron chi connectivity index (χ2n) is 11.9. The molecule has 11 heteroatoms. The van der Waals surface area contributed by atoms with Crippen molar-refractivity contribution < 1.29 is 43.2 Å². The van der Waals surface area contributed by atoms with Crippen molar-refractivity contribution in [2.45, 2.75) is 71.8 Å². The Morgan fingerprint density at radius 1 is 0.698 bits per heavy atom. The van der Waals surface area contributed by atoms with Gasteiger partial charge in [-0.3, -0.25) is 9.59 Å². The van der Waals surface area contributed by atoms with Gasteiger partial charge in [-0.05, 0) is 90.3 Å². The van der Waals surface area contributed by atoms with Gasteiger partial charge in [-0.1, -0.05) is 64.7 Å². The molecular formula is C42H50N2O9. The third kappa shape index (κ3) is 13.7. The molecule has 0 aliphatic carbocycles. The Morgan fingerprint density at radius 3 is 1.94 bits per heavy atom. The van der Waals surface area contributed by atoms with Crippen LogP contribution in [0.4, 0.5) is 5.69 Å². The highest BCUT2D eigenvalue weighted by atomic mass is 16.6. The number of nitrogens with one attached hydrogen (secondary N) is 2. The van der Waals surface area contributed by atoms with Gasteiger partial charge in [-0.15, -0.1) is 0 Å². The molecule has 2 amide bonds. The fourth-order valence-corrected chi connectivity index (χ4v) is 5.18. The predicted molar refractivity (Wildman–Crippen MR) is 204 cm³/mol. The Morgan fingerprint density at radius 2 is 1.32 bits per heavy atom. The molecule has 0 heterocycles. The average Bonchev–Trinajstić information content (AvgIpc) is 3.17. The normalized spacial score (nSPS) is 10.9. The van der Waals surface area contributed by atoms with Crippen LogP contribution in [0.25, 0.3) is 0 Å². The third-order valence-corrected chi connectivity index (χ3v) is 8.04. The van der Waals surface area contributed by atoms with E-state index in [0.717, 1.165) is 18.4 Å². The lowest BCUT2D eigenvalue weighted by Gasteiger charge is -2.16. The zero-order valence-electron chi connectivity index (χ0n) is 31.1. The molecule has 282 valence electrons. The van der Waals surface area contributed by atoms with Crippen LogP contribution >= 0.6 is 0 Å². The molecule has 0 saturated carbocycles. The summed E-state index contributed by atoms with van der Waals surface area (Å²) in [6.07, 6.45) is 5.79. The Balaban J connectivity index is 0.00000372. The van der Waals surface area contributed by atoms with Crippen LogP contribution in [-0.2, 0) is 22.4 Å². The molecule has 4 aromatic rings. The van der Waals surface area contributed by atoms with Crippen molar-refractivity contribution in [2.75, 3.05) is 26.1 Å². The molecule has 0 aromatic heterocycles. The van der Waals surface area contributed by atoms with Crippen LogP contribution < -0.4 is 29.6 Å². The Kier molecular flexibility index (Phi) is 17.4. The lowest BCUT2D eigenvalue weighted by Crippen LogP contribution is -2.42. The largest absolute Gasteiger partial charge is 0.497 e. The summed E-state index contributed by atoms with van der Waals surface area (Å²) in [6, 6.07) is 23.4. The Hall–Kier alpha value is -5.84. The number of carboxylic acids is 1. The van der Waals surface area contributed by atoms with Crippen LogP contribution in [-0.4, -0.2) is 55.7 Å². The summed E-state index contributed by atoms with van der Waals surface area (Å²) >= 11 is 0. The molecule has 53 heavy (non-hydrogen) atoms. The number of methoxy groups -OCH3 is 2. The minimum atomic E-state index is -1.27. The van der Waals surface area contributed by atoms with Gasteiger partial charge >= 0.3 is 11.9 Å². The number of carbonyl (C=O) groups is 4. The molecule has 4 aromatic carbocycles. The van der Waals surface area contributed by atoms with Gasteiger partial charge in [0.25, 0.3) is 5.91 Å². The molecule has 1 unspecified atom stereocenters. The molecule has 0 bridgehead atoms. The van der Waals surface area contributed by atoms with Gasteiger partial charge in [0.05, 0.1) is 32.8 Å². The van der Waals surface area contributed by atoms with E-state index in [1.165, 1.54) is 44.6 Å². The number of hydrogen-bond donors (Lipinski definition) is 3. The van der Waals surface area contributed by atoms with E-state index in [1.54, 1.807) is 79.9 Å². The van der Waals surface area contributed by atoms with Crippen molar-refractivity contribution in [3.8, 4) is 23.0 Å². The van der Waals surface area contributed by atoms with Crippen molar-refractivity contribution in [1.82, 2.24) is 5.32 Å². The van der Waals surface area contributed by atoms with Gasteiger partial charge < -0.3 is 34.7 Å². The predicted octanol–water partition coefficient (Wildman–Crippen LogP) is 7.91. The zero-order valence-corrected chi connectivity index (χ0v) is 31.1. The number of aliphatic carboxylic acids is 1. The van der Waals surface area contributed by atoms with E-state index in [-0.39, 0.29) is 35.8 Å². The summed E-state index contributed by atoms with van der Waals surface area (Å²) in [4.78, 5) is 50.4. The van der Waals surface area contributed by atoms with Crippen LogP contribution in [0.1, 0.15) is 84.7 Å². The molecule has 0 saturated heterocycles. The number of ether oxygens (including phenoxy) is 4. The number of benzene rings is 4. The summed E-state index contributed by atoms with van der Waals surface area (Å²) < 4.78 is 21.9. The molecule has 0 radical (unpaired) electrons. The highest BCUT2D eigenvalue weighted by molar-refractivity contribution is 5.98. The molecule has 1 atom stereocenters. The summed E-state index contributed by atoms with van der Waals surface area (Å²) in [5.74, 6) is -0.904. The third-order valence-electron chi connectivity index (χ3n) is 8.04. The Bertz CT molecular complexity index is 1760. The summed E-state index contributed by atoms with van der Waals surface area (Å²) in [5, 5.41) is 15.2. The number of carboxylic acid groups (broad SMARTS) is 1. The highest BCUT2D eigenvalue weighted by Crippen LogP contribution is 2.30. The summed E-state index contributed by atoms with van der Waals surface area (Å²) in [7, 11) is 2.98. The van der Waals surface area contributed by atoms with Gasteiger partial charge in [0.1, 0.15) is 17.5 Å². The number of hydrogen-bond acceptors (Lipinski definition) is 8. The van der Waals surface area contributed by atoms with Gasteiger partial charge in [-0.25, -0.2) is 9.59 Å². The number of anilines is 1. The standard InChI is InChI=1S/C40H44N2O9.C2H6/c1-4-5-6-7-8-23-50-33-20-14-30(15-21-33)40(47)51-35-22-11-28(25-36(35)49-3)24-34(39(45)46)42-38(44)29-12-16-31(17-13-29)41-37(43)26-27-9-18-32(48-2)19-10-27;1-2/h9-22,25,34H,4-8,23-24,26H2,1-3H3,(H,41,43)(H,42,44)(H,45,46);1-2H3. The summed E-state index contributed by atoms with van der Waals surface area (Å²) in [6.45, 7) is 6.79. The number of esters is 1. The monoisotopic (exact) mass is 726 g/mol. The quantitative estimate of drug-likeness (QED) is 0.0498. The van der Waals surface area contributed by atoms with E-state index in [9.17, 15) is 24.3 Å². The first-order valence-electron chi connectivity index (χ1n) is 17.9. The van der Waals surface area contributed by atoms with E-state index in [4.69, 9.17) is 18.9 Å². The zero-order chi connectivity index (χ0) is 38.6. The van der Waals surface area contributed by atoms with E-state index in [2.05, 4.69) is 17.6 Å². The number of rotatable bonds is 19. The van der Waals surface area contributed by atoms with Gasteiger partial charge in [0, 0.05) is 17.7 Å². The van der Waals surface area contributed by atoms with Crippen molar-refractivity contribution >= 4 is 29.4 Å². The van der Waals surface area contributed by atoms with E-state index in [1.807, 2.05) is 13.8 Å². The topological polar surface area (TPSA) is 149 Å². The molecule has 3 N–H and O–H groups in total. The van der Waals surface area contributed by atoms with Gasteiger partial charge in [0.2, 0.25) is 5.91 Å². The maximum Gasteiger partial charge on any atom is 0.343 e. The summed E-state index contributed by atoms with van der Waals surface area (Å²) in [5.41, 5.74) is 2.38. The Labute approximate surface area is 311 Å². The fraction of sp³-hybridized carbons (Fsp3) is 0.333. The molecule has 0 aliphatic heterocycles. The molecule has 0 spiro atoms. The minimum Gasteiger partial charge on any atom is -0.497 e. The number of unbranched alkanes of at least 4 members (excludes halogenated alkanes) is 4. The average molecular weight is 727 g/mol. The first kappa shape index (κ1) is 41.6. The molecule has 11 nitrogen and oxygen atoms in total. The van der Waals surface area contributed by atoms with Crippen LogP contribution in [0.2, 0.25) is 0 Å². The lowest BCUT2D eigenvalue weighted by molar-refractivity contribution is -0.139. The lowest BCUT2D eigenvalue weighted by atomic mass is 10.0. The fourth-order valence-electron chi connectivity index (χ4n) is 5.18. The van der Waals surface area contributed by atoms with Crippen LogP contribution in [0.3, 0.4) is 0 Å². The van der Waals surface area contributed by atoms with E-state index < -0.39 is 23.9 Å². The van der Waals surface area contributed by atoms with Gasteiger partial charge in [0.15, 0.2) is 11.5 Å². The van der Waals surface area contributed by atoms with E-state index in [0.29, 0.717) is 34.9 Å². The number of carbonyl (C=O) groups excluding carboxylic acids is 3. The van der Waals surface area contributed by atoms with Crippen LogP contribution in [0.15, 0.2) is 91.0 Å². The van der Waals surface area contributed by atoms with Crippen molar-refractivity contribution in [2.24, 2.45) is 0 Å². The highest BCUT2D eigenvalue weighted by Gasteiger charge is 2.23. The maximum absolute atomic E-state index is 13.0. The second kappa shape index (κ2) is 22.2. The SMILES string of the molecule is CC.CCCCCCCOc1ccc(C(=O)Oc2ccc(CC(NC(=O)c3ccc(NC(=O)Cc4ccc(OC)cc4)cc3)C(=O)O)cc2OC)cc1. The second-order valence-corrected chi connectivity index (χ2v) is 11.9. The van der Waals surface area contributed by atoms with Crippen LogP contribution in [0.5, 0.6) is 23.0 Å². The maximum atomic E-state index is 13.0.